The van der Waals surface area contributed by atoms with Gasteiger partial charge in [0, 0.05) is 37.4 Å². The molecule has 40 heavy (non-hydrogen) atoms. The molecule has 12 heteroatoms. The molecule has 0 saturated heterocycles. The Balaban J connectivity index is 1.34. The first kappa shape index (κ1) is 26.0. The highest BCUT2D eigenvalue weighted by atomic mass is 19.4. The number of hydrogen-bond acceptors (Lipinski definition) is 6. The van der Waals surface area contributed by atoms with Gasteiger partial charge < -0.3 is 14.4 Å². The van der Waals surface area contributed by atoms with Crippen LogP contribution in [0.1, 0.15) is 49.6 Å². The molecule has 208 valence electrons. The Morgan fingerprint density at radius 2 is 1.80 bits per heavy atom. The van der Waals surface area contributed by atoms with Gasteiger partial charge in [0.15, 0.2) is 17.3 Å². The maximum atomic E-state index is 13.2. The average Bonchev–Trinajstić information content (AvgIpc) is 3.53. The molecule has 0 spiro atoms. The SMILES string of the molecule is Cc1cnn(C(C)C)c1-c1ncc2c(n1)N(Cc1ccc(-c3nc(C(F)(F)F)cn3C)cc1)CC(=O)N2C1CC1. The summed E-state index contributed by atoms with van der Waals surface area (Å²) < 4.78 is 42.7. The third-order valence-electron chi connectivity index (χ3n) is 7.25. The first-order valence-corrected chi connectivity index (χ1v) is 13.2. The van der Waals surface area contributed by atoms with Gasteiger partial charge in [-0.15, -0.1) is 0 Å². The van der Waals surface area contributed by atoms with Gasteiger partial charge in [-0.05, 0) is 44.7 Å². The minimum Gasteiger partial charge on any atom is -0.341 e. The summed E-state index contributed by atoms with van der Waals surface area (Å²) in [6, 6.07) is 7.47. The van der Waals surface area contributed by atoms with Crippen molar-refractivity contribution < 1.29 is 18.0 Å². The fraction of sp³-hybridized carbons (Fsp3) is 0.393. The summed E-state index contributed by atoms with van der Waals surface area (Å²) in [5, 5.41) is 4.50. The first-order chi connectivity index (χ1) is 19.0. The highest BCUT2D eigenvalue weighted by Gasteiger charge is 2.40. The van der Waals surface area contributed by atoms with E-state index in [1.165, 1.54) is 11.6 Å². The van der Waals surface area contributed by atoms with E-state index in [1.807, 2.05) is 47.4 Å². The normalized spacial score (nSPS) is 15.8. The maximum Gasteiger partial charge on any atom is 0.434 e. The Labute approximate surface area is 229 Å². The number of nitrogens with zero attached hydrogens (tertiary/aromatic N) is 8. The van der Waals surface area contributed by atoms with Gasteiger partial charge in [-0.1, -0.05) is 24.3 Å². The smallest absolute Gasteiger partial charge is 0.341 e. The number of anilines is 2. The molecule has 3 aromatic heterocycles. The molecule has 1 amide bonds. The van der Waals surface area contributed by atoms with Crippen LogP contribution >= 0.6 is 0 Å². The number of alkyl halides is 3. The van der Waals surface area contributed by atoms with E-state index in [0.717, 1.165) is 35.9 Å². The van der Waals surface area contributed by atoms with Gasteiger partial charge in [0.1, 0.15) is 17.2 Å². The number of imidazole rings is 1. The molecule has 1 aliphatic carbocycles. The van der Waals surface area contributed by atoms with Crippen LogP contribution < -0.4 is 9.80 Å². The molecule has 0 bridgehead atoms. The standard InChI is InChI=1S/C28H29F3N8O/c1-16(2)39-24(17(3)11-33-39)25-32-12-21-27(35-25)37(15-23(40)38(21)20-9-10-20)13-18-5-7-19(8-6-18)26-34-22(14-36(26)4)28(29,30)31/h5-8,11-12,14,16,20H,9-10,13,15H2,1-4H3. The van der Waals surface area contributed by atoms with Crippen LogP contribution in [0.4, 0.5) is 24.7 Å². The lowest BCUT2D eigenvalue weighted by Gasteiger charge is -2.36. The lowest BCUT2D eigenvalue weighted by atomic mass is 10.1. The molecule has 1 aliphatic heterocycles. The minimum absolute atomic E-state index is 0.000867. The number of aromatic nitrogens is 6. The van der Waals surface area contributed by atoms with E-state index in [0.29, 0.717) is 29.4 Å². The van der Waals surface area contributed by atoms with Crippen LogP contribution in [-0.2, 0) is 24.6 Å². The van der Waals surface area contributed by atoms with E-state index in [9.17, 15) is 18.0 Å². The molecule has 2 aliphatic rings. The zero-order chi connectivity index (χ0) is 28.3. The quantitative estimate of drug-likeness (QED) is 0.330. The van der Waals surface area contributed by atoms with E-state index < -0.39 is 11.9 Å². The Bertz CT molecular complexity index is 1580. The summed E-state index contributed by atoms with van der Waals surface area (Å²) in [5.74, 6) is 1.45. The van der Waals surface area contributed by atoms with Crippen LogP contribution in [0.5, 0.6) is 0 Å². The molecule has 1 aromatic carbocycles. The van der Waals surface area contributed by atoms with Crippen molar-refractivity contribution in [2.24, 2.45) is 7.05 Å². The predicted molar refractivity (Wildman–Crippen MR) is 144 cm³/mol. The lowest BCUT2D eigenvalue weighted by molar-refractivity contribution is -0.140. The number of carbonyl (C=O) groups is 1. The van der Waals surface area contributed by atoms with Crippen LogP contribution in [0, 0.1) is 6.92 Å². The Morgan fingerprint density at radius 1 is 1.07 bits per heavy atom. The number of halogens is 3. The van der Waals surface area contributed by atoms with Crippen molar-refractivity contribution in [3.8, 4) is 22.9 Å². The molecule has 0 N–H and O–H groups in total. The van der Waals surface area contributed by atoms with Gasteiger partial charge >= 0.3 is 6.18 Å². The van der Waals surface area contributed by atoms with Gasteiger partial charge in [-0.3, -0.25) is 9.48 Å². The summed E-state index contributed by atoms with van der Waals surface area (Å²) >= 11 is 0. The lowest BCUT2D eigenvalue weighted by Crippen LogP contribution is -2.47. The monoisotopic (exact) mass is 550 g/mol. The number of benzene rings is 1. The van der Waals surface area contributed by atoms with Gasteiger partial charge in [0.25, 0.3) is 0 Å². The summed E-state index contributed by atoms with van der Waals surface area (Å²) in [6.07, 6.45) is 1.92. The summed E-state index contributed by atoms with van der Waals surface area (Å²) in [5.41, 5.74) is 3.02. The van der Waals surface area contributed by atoms with Gasteiger partial charge in [0.2, 0.25) is 5.91 Å². The molecular formula is C28H29F3N8O. The number of carbonyl (C=O) groups excluding carboxylic acids is 1. The molecule has 1 fully saturated rings. The van der Waals surface area contributed by atoms with Crippen LogP contribution in [0.25, 0.3) is 22.9 Å². The second-order valence-corrected chi connectivity index (χ2v) is 10.7. The molecule has 0 radical (unpaired) electrons. The van der Waals surface area contributed by atoms with E-state index in [-0.39, 0.29) is 30.4 Å². The predicted octanol–water partition coefficient (Wildman–Crippen LogP) is 5.16. The van der Waals surface area contributed by atoms with Crippen LogP contribution in [0.3, 0.4) is 0 Å². The Kier molecular flexibility index (Phi) is 6.15. The Morgan fingerprint density at radius 3 is 2.42 bits per heavy atom. The number of hydrogen-bond donors (Lipinski definition) is 0. The van der Waals surface area contributed by atoms with E-state index in [4.69, 9.17) is 4.98 Å². The van der Waals surface area contributed by atoms with Gasteiger partial charge in [-0.2, -0.15) is 18.3 Å². The minimum atomic E-state index is -4.51. The van der Waals surface area contributed by atoms with Crippen molar-refractivity contribution in [1.29, 1.82) is 0 Å². The topological polar surface area (TPSA) is 85.0 Å². The molecule has 6 rings (SSSR count). The number of amides is 1. The van der Waals surface area contributed by atoms with E-state index in [2.05, 4.69) is 15.1 Å². The third kappa shape index (κ3) is 4.61. The largest absolute Gasteiger partial charge is 0.434 e. The van der Waals surface area contributed by atoms with Crippen molar-refractivity contribution in [1.82, 2.24) is 29.3 Å². The van der Waals surface area contributed by atoms with Crippen molar-refractivity contribution in [2.45, 2.75) is 58.4 Å². The van der Waals surface area contributed by atoms with Crippen molar-refractivity contribution in [3.05, 3.63) is 59.7 Å². The molecular weight excluding hydrogens is 521 g/mol. The van der Waals surface area contributed by atoms with Gasteiger partial charge in [-0.25, -0.2) is 15.0 Å². The molecule has 1 saturated carbocycles. The molecule has 4 aromatic rings. The second-order valence-electron chi connectivity index (χ2n) is 10.7. The highest BCUT2D eigenvalue weighted by Crippen LogP contribution is 2.41. The molecule has 4 heterocycles. The zero-order valence-corrected chi connectivity index (χ0v) is 22.6. The fourth-order valence-electron chi connectivity index (χ4n) is 5.17. The van der Waals surface area contributed by atoms with Crippen LogP contribution in [-0.4, -0.2) is 47.8 Å². The molecule has 0 unspecified atom stereocenters. The highest BCUT2D eigenvalue weighted by molar-refractivity contribution is 6.03. The maximum absolute atomic E-state index is 13.2. The fourth-order valence-corrected chi connectivity index (χ4v) is 5.17. The van der Waals surface area contributed by atoms with Crippen LogP contribution in [0.15, 0.2) is 42.9 Å². The summed E-state index contributed by atoms with van der Waals surface area (Å²) in [4.78, 5) is 30.4. The molecule has 9 nitrogen and oxygen atoms in total. The van der Waals surface area contributed by atoms with Crippen LogP contribution in [0.2, 0.25) is 0 Å². The number of fused-ring (bicyclic) bond motifs is 1. The third-order valence-corrected chi connectivity index (χ3v) is 7.25. The van der Waals surface area contributed by atoms with Crippen molar-refractivity contribution >= 4 is 17.4 Å². The Hall–Kier alpha value is -4.22. The van der Waals surface area contributed by atoms with Gasteiger partial charge in [0.05, 0.1) is 18.9 Å². The first-order valence-electron chi connectivity index (χ1n) is 13.2. The molecule has 0 atom stereocenters. The average molecular weight is 551 g/mol. The van der Waals surface area contributed by atoms with E-state index >= 15 is 0 Å². The van der Waals surface area contributed by atoms with E-state index in [1.54, 1.807) is 24.5 Å². The number of rotatable bonds is 6. The second kappa shape index (κ2) is 9.46. The van der Waals surface area contributed by atoms with Crippen molar-refractivity contribution in [3.63, 3.8) is 0 Å². The number of aryl methyl sites for hydroxylation is 2. The van der Waals surface area contributed by atoms with Crippen molar-refractivity contribution in [2.75, 3.05) is 16.3 Å². The summed E-state index contributed by atoms with van der Waals surface area (Å²) in [7, 11) is 1.54. The summed E-state index contributed by atoms with van der Waals surface area (Å²) in [6.45, 7) is 6.63. The zero-order valence-electron chi connectivity index (χ0n) is 22.6.